The summed E-state index contributed by atoms with van der Waals surface area (Å²) in [4.78, 5) is 15.9. The summed E-state index contributed by atoms with van der Waals surface area (Å²) in [6.07, 6.45) is 4.85. The predicted octanol–water partition coefficient (Wildman–Crippen LogP) is 2.61. The monoisotopic (exact) mass is 283 g/mol. The lowest BCUT2D eigenvalue weighted by Gasteiger charge is -2.13. The summed E-state index contributed by atoms with van der Waals surface area (Å²) >= 11 is 0. The summed E-state index contributed by atoms with van der Waals surface area (Å²) in [6, 6.07) is 9.16. The number of hydrogen-bond acceptors (Lipinski definition) is 4. The number of carbonyl (C=O) groups is 1. The first-order valence-corrected chi connectivity index (χ1v) is 6.86. The number of ether oxygens (including phenoxy) is 1. The fourth-order valence-electron chi connectivity index (χ4n) is 1.99. The Labute approximate surface area is 123 Å². The second-order valence-corrected chi connectivity index (χ2v) is 5.38. The lowest BCUT2D eigenvalue weighted by Crippen LogP contribution is -2.37. The zero-order valence-corrected chi connectivity index (χ0v) is 11.8. The molecule has 1 amide bonds. The van der Waals surface area contributed by atoms with Crippen LogP contribution in [0.4, 0.5) is 5.69 Å². The molecule has 1 aromatic heterocycles. The van der Waals surface area contributed by atoms with Gasteiger partial charge in [0.15, 0.2) is 0 Å². The summed E-state index contributed by atoms with van der Waals surface area (Å²) in [5, 5.41) is 2.84. The molecule has 108 valence electrons. The van der Waals surface area contributed by atoms with Gasteiger partial charge in [0.05, 0.1) is 11.7 Å². The highest BCUT2D eigenvalue weighted by Crippen LogP contribution is 2.34. The summed E-state index contributed by atoms with van der Waals surface area (Å²) in [7, 11) is 0. The van der Waals surface area contributed by atoms with E-state index in [9.17, 15) is 4.79 Å². The van der Waals surface area contributed by atoms with Crippen LogP contribution in [-0.4, -0.2) is 16.4 Å². The Hall–Kier alpha value is -2.40. The van der Waals surface area contributed by atoms with Crippen molar-refractivity contribution in [2.45, 2.75) is 25.3 Å². The van der Waals surface area contributed by atoms with Gasteiger partial charge >= 0.3 is 0 Å². The molecule has 1 aliphatic carbocycles. The van der Waals surface area contributed by atoms with Crippen LogP contribution in [-0.2, 0) is 4.79 Å². The van der Waals surface area contributed by atoms with Crippen LogP contribution in [0.2, 0.25) is 0 Å². The molecule has 2 aromatic rings. The SMILES string of the molecule is Cc1cc(NC(=O)C2(N)CC2)ccc1Oc1cccnc1. The van der Waals surface area contributed by atoms with Crippen LogP contribution in [0, 0.1) is 6.92 Å². The Balaban J connectivity index is 1.72. The number of hydrogen-bond donors (Lipinski definition) is 2. The van der Waals surface area contributed by atoms with Gasteiger partial charge in [-0.2, -0.15) is 0 Å². The highest BCUT2D eigenvalue weighted by molar-refractivity contribution is 6.00. The zero-order valence-electron chi connectivity index (χ0n) is 11.8. The van der Waals surface area contributed by atoms with E-state index in [4.69, 9.17) is 10.5 Å². The van der Waals surface area contributed by atoms with E-state index in [1.807, 2.05) is 37.3 Å². The van der Waals surface area contributed by atoms with Gasteiger partial charge in [-0.1, -0.05) is 0 Å². The van der Waals surface area contributed by atoms with Gasteiger partial charge in [0, 0.05) is 11.9 Å². The number of rotatable bonds is 4. The number of benzene rings is 1. The molecule has 5 heteroatoms. The van der Waals surface area contributed by atoms with Crippen molar-refractivity contribution in [3.63, 3.8) is 0 Å². The van der Waals surface area contributed by atoms with Gasteiger partial charge < -0.3 is 15.8 Å². The van der Waals surface area contributed by atoms with E-state index in [0.29, 0.717) is 5.75 Å². The molecule has 3 rings (SSSR count). The topological polar surface area (TPSA) is 77.2 Å². The third kappa shape index (κ3) is 3.03. The number of carbonyl (C=O) groups excluding carboxylic acids is 1. The number of nitrogens with two attached hydrogens (primary N) is 1. The molecule has 21 heavy (non-hydrogen) atoms. The van der Waals surface area contributed by atoms with E-state index < -0.39 is 5.54 Å². The third-order valence-electron chi connectivity index (χ3n) is 3.54. The minimum Gasteiger partial charge on any atom is -0.455 e. The number of anilines is 1. The van der Waals surface area contributed by atoms with Crippen molar-refractivity contribution in [3.8, 4) is 11.5 Å². The Bertz CT molecular complexity index is 666. The quantitative estimate of drug-likeness (QED) is 0.904. The molecule has 0 spiro atoms. The Morgan fingerprint density at radius 1 is 1.38 bits per heavy atom. The third-order valence-corrected chi connectivity index (χ3v) is 3.54. The molecule has 0 atom stereocenters. The van der Waals surface area contributed by atoms with Crippen LogP contribution in [0.15, 0.2) is 42.7 Å². The maximum absolute atomic E-state index is 11.9. The Kier molecular flexibility index (Phi) is 3.35. The van der Waals surface area contributed by atoms with Crippen LogP contribution in [0.3, 0.4) is 0 Å². The van der Waals surface area contributed by atoms with Crippen molar-refractivity contribution in [3.05, 3.63) is 48.3 Å². The standard InChI is InChI=1S/C16H17N3O2/c1-11-9-12(19-15(20)16(17)6-7-16)4-5-14(11)21-13-3-2-8-18-10-13/h2-5,8-10H,6-7,17H2,1H3,(H,19,20). The van der Waals surface area contributed by atoms with E-state index in [2.05, 4.69) is 10.3 Å². The summed E-state index contributed by atoms with van der Waals surface area (Å²) < 4.78 is 5.75. The average Bonchev–Trinajstić information content (AvgIpc) is 3.22. The molecule has 0 bridgehead atoms. The van der Waals surface area contributed by atoms with Crippen LogP contribution in [0.5, 0.6) is 11.5 Å². The second kappa shape index (κ2) is 5.18. The minimum absolute atomic E-state index is 0.122. The fourth-order valence-corrected chi connectivity index (χ4v) is 1.99. The number of aryl methyl sites for hydroxylation is 1. The van der Waals surface area contributed by atoms with E-state index >= 15 is 0 Å². The summed E-state index contributed by atoms with van der Waals surface area (Å²) in [5.74, 6) is 1.29. The maximum Gasteiger partial charge on any atom is 0.244 e. The van der Waals surface area contributed by atoms with Gasteiger partial charge in [0.1, 0.15) is 11.5 Å². The molecular weight excluding hydrogens is 266 g/mol. The van der Waals surface area contributed by atoms with Crippen LogP contribution < -0.4 is 15.8 Å². The number of amides is 1. The van der Waals surface area contributed by atoms with Gasteiger partial charge in [-0.15, -0.1) is 0 Å². The highest BCUT2D eigenvalue weighted by Gasteiger charge is 2.45. The molecule has 3 N–H and O–H groups in total. The van der Waals surface area contributed by atoms with Crippen molar-refractivity contribution in [1.29, 1.82) is 0 Å². The molecular formula is C16H17N3O2. The van der Waals surface area contributed by atoms with Crippen molar-refractivity contribution in [2.75, 3.05) is 5.32 Å². The fraction of sp³-hybridized carbons (Fsp3) is 0.250. The van der Waals surface area contributed by atoms with Gasteiger partial charge in [-0.05, 0) is 55.7 Å². The van der Waals surface area contributed by atoms with E-state index in [0.717, 1.165) is 29.8 Å². The van der Waals surface area contributed by atoms with Gasteiger partial charge in [0.2, 0.25) is 5.91 Å². The van der Waals surface area contributed by atoms with E-state index in [1.165, 1.54) is 0 Å². The molecule has 1 fully saturated rings. The molecule has 0 saturated heterocycles. The number of nitrogens with zero attached hydrogens (tertiary/aromatic N) is 1. The van der Waals surface area contributed by atoms with Crippen molar-refractivity contribution < 1.29 is 9.53 Å². The number of nitrogens with one attached hydrogen (secondary N) is 1. The van der Waals surface area contributed by atoms with Crippen molar-refractivity contribution >= 4 is 11.6 Å². The van der Waals surface area contributed by atoms with Gasteiger partial charge in [0.25, 0.3) is 0 Å². The molecule has 1 aliphatic rings. The lowest BCUT2D eigenvalue weighted by atomic mass is 10.2. The lowest BCUT2D eigenvalue weighted by molar-refractivity contribution is -0.118. The number of aromatic nitrogens is 1. The molecule has 5 nitrogen and oxygen atoms in total. The minimum atomic E-state index is -0.668. The van der Waals surface area contributed by atoms with Crippen LogP contribution in [0.1, 0.15) is 18.4 Å². The Morgan fingerprint density at radius 3 is 2.81 bits per heavy atom. The Morgan fingerprint density at radius 2 is 2.19 bits per heavy atom. The highest BCUT2D eigenvalue weighted by atomic mass is 16.5. The first-order valence-electron chi connectivity index (χ1n) is 6.86. The van der Waals surface area contributed by atoms with Crippen molar-refractivity contribution in [1.82, 2.24) is 4.98 Å². The van der Waals surface area contributed by atoms with E-state index in [1.54, 1.807) is 12.4 Å². The first kappa shape index (κ1) is 13.6. The molecule has 0 aliphatic heterocycles. The summed E-state index contributed by atoms with van der Waals surface area (Å²) in [6.45, 7) is 1.93. The second-order valence-electron chi connectivity index (χ2n) is 5.38. The van der Waals surface area contributed by atoms with Gasteiger partial charge in [-0.25, -0.2) is 0 Å². The van der Waals surface area contributed by atoms with Gasteiger partial charge in [-0.3, -0.25) is 9.78 Å². The largest absolute Gasteiger partial charge is 0.455 e. The normalized spacial score (nSPS) is 15.3. The molecule has 0 radical (unpaired) electrons. The first-order chi connectivity index (χ1) is 10.1. The molecule has 1 saturated carbocycles. The maximum atomic E-state index is 11.9. The molecule has 1 aromatic carbocycles. The van der Waals surface area contributed by atoms with Crippen LogP contribution in [0.25, 0.3) is 0 Å². The van der Waals surface area contributed by atoms with E-state index in [-0.39, 0.29) is 5.91 Å². The average molecular weight is 283 g/mol. The molecule has 0 unspecified atom stereocenters. The summed E-state index contributed by atoms with van der Waals surface area (Å²) in [5.41, 5.74) is 6.86. The van der Waals surface area contributed by atoms with Crippen LogP contribution >= 0.6 is 0 Å². The smallest absolute Gasteiger partial charge is 0.244 e. The molecule has 1 heterocycles. The number of pyridine rings is 1. The predicted molar refractivity (Wildman–Crippen MR) is 80.3 cm³/mol. The van der Waals surface area contributed by atoms with Crippen molar-refractivity contribution in [2.24, 2.45) is 5.73 Å². The zero-order chi connectivity index (χ0) is 14.9.